The lowest BCUT2D eigenvalue weighted by Gasteiger charge is -2.14. The standard InChI is InChI=1S/C10H13ClN2O/c1-7(14)12-10-5-4-8(13(2)3)6-9(10)11/h4-6H,1-3H3,(H,12,14). The molecule has 0 unspecified atom stereocenters. The van der Waals surface area contributed by atoms with Crippen LogP contribution in [0.3, 0.4) is 0 Å². The van der Waals surface area contributed by atoms with Gasteiger partial charge >= 0.3 is 0 Å². The highest BCUT2D eigenvalue weighted by molar-refractivity contribution is 6.34. The Morgan fingerprint density at radius 1 is 1.43 bits per heavy atom. The smallest absolute Gasteiger partial charge is 0.221 e. The first-order valence-electron chi connectivity index (χ1n) is 4.25. The molecule has 0 aliphatic heterocycles. The van der Waals surface area contributed by atoms with E-state index in [1.165, 1.54) is 6.92 Å². The van der Waals surface area contributed by atoms with E-state index in [1.54, 1.807) is 6.07 Å². The number of nitrogens with one attached hydrogen (secondary N) is 1. The van der Waals surface area contributed by atoms with Gasteiger partial charge in [0.25, 0.3) is 0 Å². The molecule has 1 aromatic carbocycles. The Morgan fingerprint density at radius 3 is 2.50 bits per heavy atom. The van der Waals surface area contributed by atoms with Crippen LogP contribution in [-0.4, -0.2) is 20.0 Å². The van der Waals surface area contributed by atoms with E-state index in [1.807, 2.05) is 31.1 Å². The highest BCUT2D eigenvalue weighted by atomic mass is 35.5. The summed E-state index contributed by atoms with van der Waals surface area (Å²) in [5, 5.41) is 3.20. The number of carbonyl (C=O) groups is 1. The Bertz CT molecular complexity index is 350. The molecule has 1 aromatic rings. The first kappa shape index (κ1) is 10.9. The van der Waals surface area contributed by atoms with Gasteiger partial charge in [-0.2, -0.15) is 0 Å². The number of halogens is 1. The monoisotopic (exact) mass is 212 g/mol. The minimum absolute atomic E-state index is 0.121. The van der Waals surface area contributed by atoms with Crippen molar-refractivity contribution in [2.45, 2.75) is 6.92 Å². The van der Waals surface area contributed by atoms with Crippen LogP contribution in [0.5, 0.6) is 0 Å². The molecule has 14 heavy (non-hydrogen) atoms. The van der Waals surface area contributed by atoms with Crippen LogP contribution in [0.2, 0.25) is 5.02 Å². The van der Waals surface area contributed by atoms with Crippen LogP contribution in [0.1, 0.15) is 6.92 Å². The van der Waals surface area contributed by atoms with E-state index in [4.69, 9.17) is 11.6 Å². The van der Waals surface area contributed by atoms with E-state index in [-0.39, 0.29) is 5.91 Å². The minimum atomic E-state index is -0.121. The van der Waals surface area contributed by atoms with Gasteiger partial charge in [0.05, 0.1) is 10.7 Å². The summed E-state index contributed by atoms with van der Waals surface area (Å²) in [6.07, 6.45) is 0. The lowest BCUT2D eigenvalue weighted by atomic mass is 10.2. The summed E-state index contributed by atoms with van der Waals surface area (Å²) < 4.78 is 0. The van der Waals surface area contributed by atoms with Crippen molar-refractivity contribution in [1.29, 1.82) is 0 Å². The predicted molar refractivity (Wildman–Crippen MR) is 60.1 cm³/mol. The second-order valence-electron chi connectivity index (χ2n) is 3.24. The Hall–Kier alpha value is -1.22. The lowest BCUT2D eigenvalue weighted by Crippen LogP contribution is -2.10. The Balaban J connectivity index is 2.95. The van der Waals surface area contributed by atoms with Crippen LogP contribution >= 0.6 is 11.6 Å². The number of nitrogens with zero attached hydrogens (tertiary/aromatic N) is 1. The maximum atomic E-state index is 10.8. The molecule has 0 aliphatic rings. The molecular formula is C10H13ClN2O. The molecule has 4 heteroatoms. The van der Waals surface area contributed by atoms with Crippen molar-refractivity contribution in [2.75, 3.05) is 24.3 Å². The number of carbonyl (C=O) groups excluding carboxylic acids is 1. The van der Waals surface area contributed by atoms with Crippen molar-refractivity contribution < 1.29 is 4.79 Å². The number of amides is 1. The van der Waals surface area contributed by atoms with Gasteiger partial charge in [-0.05, 0) is 18.2 Å². The summed E-state index contributed by atoms with van der Waals surface area (Å²) in [5.74, 6) is -0.121. The predicted octanol–water partition coefficient (Wildman–Crippen LogP) is 2.36. The molecule has 1 N–H and O–H groups in total. The average molecular weight is 213 g/mol. The Labute approximate surface area is 88.7 Å². The lowest BCUT2D eigenvalue weighted by molar-refractivity contribution is -0.114. The van der Waals surface area contributed by atoms with Gasteiger partial charge < -0.3 is 10.2 Å². The fraction of sp³-hybridized carbons (Fsp3) is 0.300. The molecule has 0 bridgehead atoms. The molecule has 3 nitrogen and oxygen atoms in total. The summed E-state index contributed by atoms with van der Waals surface area (Å²) in [6.45, 7) is 1.45. The van der Waals surface area contributed by atoms with Crippen molar-refractivity contribution >= 4 is 28.9 Å². The summed E-state index contributed by atoms with van der Waals surface area (Å²) in [5.41, 5.74) is 1.65. The minimum Gasteiger partial charge on any atom is -0.378 e. The number of rotatable bonds is 2. The Morgan fingerprint density at radius 2 is 2.07 bits per heavy atom. The number of hydrogen-bond acceptors (Lipinski definition) is 2. The second kappa shape index (κ2) is 4.33. The molecule has 0 radical (unpaired) electrons. The molecule has 0 atom stereocenters. The van der Waals surface area contributed by atoms with Gasteiger partial charge in [0.1, 0.15) is 0 Å². The van der Waals surface area contributed by atoms with Gasteiger partial charge in [-0.1, -0.05) is 11.6 Å². The van der Waals surface area contributed by atoms with Crippen LogP contribution in [0, 0.1) is 0 Å². The molecule has 0 aromatic heterocycles. The van der Waals surface area contributed by atoms with E-state index < -0.39 is 0 Å². The summed E-state index contributed by atoms with van der Waals surface area (Å²) in [6, 6.07) is 5.50. The maximum Gasteiger partial charge on any atom is 0.221 e. The van der Waals surface area contributed by atoms with Gasteiger partial charge in [-0.15, -0.1) is 0 Å². The molecule has 0 saturated heterocycles. The third kappa shape index (κ3) is 2.64. The van der Waals surface area contributed by atoms with Gasteiger partial charge in [-0.25, -0.2) is 0 Å². The summed E-state index contributed by atoms with van der Waals surface area (Å²) in [4.78, 5) is 12.8. The molecule has 76 valence electrons. The molecule has 0 saturated carbocycles. The fourth-order valence-electron chi connectivity index (χ4n) is 1.07. The zero-order valence-corrected chi connectivity index (χ0v) is 9.22. The van der Waals surface area contributed by atoms with Crippen molar-refractivity contribution in [3.05, 3.63) is 23.2 Å². The van der Waals surface area contributed by atoms with E-state index >= 15 is 0 Å². The van der Waals surface area contributed by atoms with Crippen molar-refractivity contribution in [3.63, 3.8) is 0 Å². The highest BCUT2D eigenvalue weighted by Crippen LogP contribution is 2.26. The van der Waals surface area contributed by atoms with E-state index in [2.05, 4.69) is 5.32 Å². The molecule has 0 spiro atoms. The van der Waals surface area contributed by atoms with Gasteiger partial charge in [0.2, 0.25) is 5.91 Å². The van der Waals surface area contributed by atoms with Crippen LogP contribution in [0.25, 0.3) is 0 Å². The number of anilines is 2. The van der Waals surface area contributed by atoms with Crippen LogP contribution in [0.15, 0.2) is 18.2 Å². The first-order chi connectivity index (χ1) is 6.50. The fourth-order valence-corrected chi connectivity index (χ4v) is 1.30. The zero-order chi connectivity index (χ0) is 10.7. The molecule has 1 amide bonds. The van der Waals surface area contributed by atoms with E-state index in [9.17, 15) is 4.79 Å². The average Bonchev–Trinajstić information content (AvgIpc) is 2.07. The third-order valence-corrected chi connectivity index (χ3v) is 2.09. The van der Waals surface area contributed by atoms with Gasteiger partial charge in [0.15, 0.2) is 0 Å². The van der Waals surface area contributed by atoms with E-state index in [0.717, 1.165) is 5.69 Å². The normalized spacial score (nSPS) is 9.71. The van der Waals surface area contributed by atoms with Gasteiger partial charge in [0, 0.05) is 26.7 Å². The topological polar surface area (TPSA) is 32.3 Å². The first-order valence-corrected chi connectivity index (χ1v) is 4.63. The van der Waals surface area contributed by atoms with Crippen LogP contribution in [0.4, 0.5) is 11.4 Å². The van der Waals surface area contributed by atoms with Crippen molar-refractivity contribution in [3.8, 4) is 0 Å². The quantitative estimate of drug-likeness (QED) is 0.817. The summed E-state index contributed by atoms with van der Waals surface area (Å²) >= 11 is 5.98. The van der Waals surface area contributed by atoms with Gasteiger partial charge in [-0.3, -0.25) is 4.79 Å². The van der Waals surface area contributed by atoms with Crippen molar-refractivity contribution in [2.24, 2.45) is 0 Å². The van der Waals surface area contributed by atoms with Crippen LogP contribution < -0.4 is 10.2 Å². The molecule has 1 rings (SSSR count). The molecule has 0 heterocycles. The highest BCUT2D eigenvalue weighted by Gasteiger charge is 2.03. The van der Waals surface area contributed by atoms with Crippen LogP contribution in [-0.2, 0) is 4.79 Å². The largest absolute Gasteiger partial charge is 0.378 e. The number of hydrogen-bond donors (Lipinski definition) is 1. The Kier molecular flexibility index (Phi) is 3.36. The SMILES string of the molecule is CC(=O)Nc1ccc(N(C)C)cc1Cl. The third-order valence-electron chi connectivity index (χ3n) is 1.78. The zero-order valence-electron chi connectivity index (χ0n) is 8.47. The molecule has 0 aliphatic carbocycles. The van der Waals surface area contributed by atoms with Crippen molar-refractivity contribution in [1.82, 2.24) is 0 Å². The maximum absolute atomic E-state index is 10.8. The molecule has 0 fully saturated rings. The number of benzene rings is 1. The second-order valence-corrected chi connectivity index (χ2v) is 3.65. The summed E-state index contributed by atoms with van der Waals surface area (Å²) in [7, 11) is 3.87. The molecular weight excluding hydrogens is 200 g/mol. The van der Waals surface area contributed by atoms with E-state index in [0.29, 0.717) is 10.7 Å².